The van der Waals surface area contributed by atoms with Crippen LogP contribution in [0.15, 0.2) is 23.2 Å². The highest BCUT2D eigenvalue weighted by Gasteiger charge is 1.98. The van der Waals surface area contributed by atoms with Crippen LogP contribution in [0.25, 0.3) is 0 Å². The Labute approximate surface area is 83.0 Å². The fraction of sp³-hybridized carbons (Fsp3) is 0.400. The third-order valence-electron chi connectivity index (χ3n) is 1.43. The molecule has 0 N–H and O–H groups in total. The maximum atomic E-state index is 8.62. The molecule has 0 atom stereocenters. The lowest BCUT2D eigenvalue weighted by Gasteiger charge is -2.03. The van der Waals surface area contributed by atoms with E-state index in [0.717, 1.165) is 10.6 Å². The molecular formula is C10H12N2S. The van der Waals surface area contributed by atoms with Gasteiger partial charge in [-0.05, 0) is 18.1 Å². The molecule has 68 valence electrons. The van der Waals surface area contributed by atoms with Gasteiger partial charge in [0.1, 0.15) is 11.8 Å². The minimum absolute atomic E-state index is 0.494. The van der Waals surface area contributed by atoms with E-state index in [1.807, 2.05) is 18.2 Å². The first-order valence-electron chi connectivity index (χ1n) is 4.21. The van der Waals surface area contributed by atoms with Crippen LogP contribution in [-0.2, 0) is 0 Å². The summed E-state index contributed by atoms with van der Waals surface area (Å²) in [7, 11) is 0. The number of hydrogen-bond acceptors (Lipinski definition) is 3. The van der Waals surface area contributed by atoms with Gasteiger partial charge in [0.25, 0.3) is 0 Å². The average molecular weight is 192 g/mol. The van der Waals surface area contributed by atoms with Crippen molar-refractivity contribution in [2.75, 3.05) is 5.75 Å². The molecule has 0 unspecified atom stereocenters. The highest BCUT2D eigenvalue weighted by Crippen LogP contribution is 2.20. The second-order valence-electron chi connectivity index (χ2n) is 3.19. The lowest BCUT2D eigenvalue weighted by atomic mass is 10.3. The molecule has 1 heterocycles. The van der Waals surface area contributed by atoms with Gasteiger partial charge in [-0.25, -0.2) is 4.98 Å². The van der Waals surface area contributed by atoms with Gasteiger partial charge in [0.2, 0.25) is 0 Å². The lowest BCUT2D eigenvalue weighted by molar-refractivity contribution is 0.750. The maximum absolute atomic E-state index is 8.62. The van der Waals surface area contributed by atoms with Crippen molar-refractivity contribution < 1.29 is 0 Å². The van der Waals surface area contributed by atoms with Gasteiger partial charge >= 0.3 is 0 Å². The first-order chi connectivity index (χ1) is 6.22. The number of pyridine rings is 1. The summed E-state index contributed by atoms with van der Waals surface area (Å²) in [6.45, 7) is 4.36. The molecule has 0 radical (unpaired) electrons. The van der Waals surface area contributed by atoms with Crippen molar-refractivity contribution in [3.05, 3.63) is 24.0 Å². The summed E-state index contributed by atoms with van der Waals surface area (Å²) in [6.07, 6.45) is 1.68. The largest absolute Gasteiger partial charge is 0.245 e. The van der Waals surface area contributed by atoms with E-state index < -0.39 is 0 Å². The van der Waals surface area contributed by atoms with Crippen LogP contribution in [0.2, 0.25) is 0 Å². The van der Waals surface area contributed by atoms with Crippen LogP contribution in [0.4, 0.5) is 0 Å². The van der Waals surface area contributed by atoms with Crippen LogP contribution in [0, 0.1) is 17.2 Å². The van der Waals surface area contributed by atoms with Crippen molar-refractivity contribution in [2.45, 2.75) is 18.7 Å². The molecule has 0 aliphatic carbocycles. The minimum Gasteiger partial charge on any atom is -0.245 e. The summed E-state index contributed by atoms with van der Waals surface area (Å²) in [4.78, 5) is 5.04. The Morgan fingerprint density at radius 1 is 1.62 bits per heavy atom. The number of thioether (sulfide) groups is 1. The van der Waals surface area contributed by atoms with Gasteiger partial charge in [0.05, 0.1) is 0 Å². The van der Waals surface area contributed by atoms with Gasteiger partial charge in [-0.15, -0.1) is 11.8 Å². The Kier molecular flexibility index (Phi) is 3.78. The van der Waals surface area contributed by atoms with E-state index >= 15 is 0 Å². The second kappa shape index (κ2) is 4.88. The van der Waals surface area contributed by atoms with E-state index in [1.165, 1.54) is 0 Å². The van der Waals surface area contributed by atoms with Crippen molar-refractivity contribution in [1.82, 2.24) is 4.98 Å². The van der Waals surface area contributed by atoms with Crippen LogP contribution in [-0.4, -0.2) is 10.7 Å². The smallest absolute Gasteiger partial charge is 0.141 e. The fourth-order valence-electron chi connectivity index (χ4n) is 0.825. The summed E-state index contributed by atoms with van der Waals surface area (Å²) >= 11 is 1.77. The predicted octanol–water partition coefficient (Wildman–Crippen LogP) is 2.70. The fourth-order valence-corrected chi connectivity index (χ4v) is 1.70. The van der Waals surface area contributed by atoms with E-state index in [2.05, 4.69) is 18.8 Å². The maximum Gasteiger partial charge on any atom is 0.141 e. The zero-order chi connectivity index (χ0) is 9.68. The van der Waals surface area contributed by atoms with Crippen LogP contribution >= 0.6 is 11.8 Å². The molecule has 0 aromatic carbocycles. The molecule has 0 saturated carbocycles. The number of aromatic nitrogens is 1. The molecule has 0 spiro atoms. The van der Waals surface area contributed by atoms with Crippen molar-refractivity contribution >= 4 is 11.8 Å². The van der Waals surface area contributed by atoms with Gasteiger partial charge in [0.15, 0.2) is 0 Å². The Bertz CT molecular complexity index is 315. The first-order valence-corrected chi connectivity index (χ1v) is 5.20. The lowest BCUT2D eigenvalue weighted by Crippen LogP contribution is -1.90. The molecule has 0 bridgehead atoms. The normalized spacial score (nSPS) is 10.0. The number of nitriles is 1. The van der Waals surface area contributed by atoms with Gasteiger partial charge in [-0.2, -0.15) is 5.26 Å². The Hall–Kier alpha value is -1.01. The molecule has 0 amide bonds. The summed E-state index contributed by atoms with van der Waals surface area (Å²) in [5.41, 5.74) is 0.494. The van der Waals surface area contributed by atoms with Crippen LogP contribution in [0.5, 0.6) is 0 Å². The monoisotopic (exact) mass is 192 g/mol. The topological polar surface area (TPSA) is 36.7 Å². The zero-order valence-corrected chi connectivity index (χ0v) is 8.64. The number of nitrogens with zero attached hydrogens (tertiary/aromatic N) is 2. The molecule has 1 rings (SSSR count). The van der Waals surface area contributed by atoms with Gasteiger partial charge in [0, 0.05) is 16.8 Å². The summed E-state index contributed by atoms with van der Waals surface area (Å²) in [5.74, 6) is 1.75. The Morgan fingerprint density at radius 2 is 2.38 bits per heavy atom. The summed E-state index contributed by atoms with van der Waals surface area (Å²) in [5, 5.41) is 8.62. The van der Waals surface area contributed by atoms with E-state index in [-0.39, 0.29) is 0 Å². The summed E-state index contributed by atoms with van der Waals surface area (Å²) in [6, 6.07) is 5.80. The van der Waals surface area contributed by atoms with Gasteiger partial charge in [-0.1, -0.05) is 13.8 Å². The van der Waals surface area contributed by atoms with Crippen LogP contribution in [0.3, 0.4) is 0 Å². The molecule has 3 heteroatoms. The molecule has 1 aromatic rings. The molecule has 0 aliphatic heterocycles. The Morgan fingerprint density at radius 3 is 3.00 bits per heavy atom. The van der Waals surface area contributed by atoms with E-state index in [4.69, 9.17) is 5.26 Å². The zero-order valence-electron chi connectivity index (χ0n) is 7.82. The minimum atomic E-state index is 0.494. The molecule has 13 heavy (non-hydrogen) atoms. The van der Waals surface area contributed by atoms with Crippen LogP contribution < -0.4 is 0 Å². The third kappa shape index (κ3) is 3.47. The Balaban J connectivity index is 2.63. The van der Waals surface area contributed by atoms with E-state index in [0.29, 0.717) is 11.6 Å². The second-order valence-corrected chi connectivity index (χ2v) is 4.29. The van der Waals surface area contributed by atoms with Crippen LogP contribution in [0.1, 0.15) is 19.5 Å². The predicted molar refractivity (Wildman–Crippen MR) is 54.5 cm³/mol. The standard InChI is InChI=1S/C10H12N2S/c1-8(2)7-13-10-3-4-12-9(5-10)6-11/h3-5,8H,7H2,1-2H3. The first kappa shape index (κ1) is 10.1. The van der Waals surface area contributed by atoms with Crippen molar-refractivity contribution in [3.63, 3.8) is 0 Å². The van der Waals surface area contributed by atoms with Crippen molar-refractivity contribution in [2.24, 2.45) is 5.92 Å². The van der Waals surface area contributed by atoms with Gasteiger partial charge < -0.3 is 0 Å². The van der Waals surface area contributed by atoms with Crippen molar-refractivity contribution in [3.8, 4) is 6.07 Å². The molecule has 2 nitrogen and oxygen atoms in total. The van der Waals surface area contributed by atoms with Crippen molar-refractivity contribution in [1.29, 1.82) is 5.26 Å². The number of hydrogen-bond donors (Lipinski definition) is 0. The van der Waals surface area contributed by atoms with E-state index in [1.54, 1.807) is 18.0 Å². The molecule has 1 aromatic heterocycles. The van der Waals surface area contributed by atoms with Gasteiger partial charge in [-0.3, -0.25) is 0 Å². The third-order valence-corrected chi connectivity index (χ3v) is 2.85. The average Bonchev–Trinajstić information content (AvgIpc) is 2.15. The van der Waals surface area contributed by atoms with E-state index in [9.17, 15) is 0 Å². The molecular weight excluding hydrogens is 180 g/mol. The highest BCUT2D eigenvalue weighted by atomic mass is 32.2. The SMILES string of the molecule is CC(C)CSc1ccnc(C#N)c1. The quantitative estimate of drug-likeness (QED) is 0.691. The molecule has 0 saturated heterocycles. The summed E-state index contributed by atoms with van der Waals surface area (Å²) < 4.78 is 0. The highest BCUT2D eigenvalue weighted by molar-refractivity contribution is 7.99. The number of rotatable bonds is 3. The molecule has 0 fully saturated rings. The molecule has 0 aliphatic rings.